The lowest BCUT2D eigenvalue weighted by molar-refractivity contribution is -0.117. The van der Waals surface area contributed by atoms with E-state index in [0.717, 1.165) is 61.7 Å². The van der Waals surface area contributed by atoms with Crippen molar-refractivity contribution in [2.24, 2.45) is 5.92 Å². The van der Waals surface area contributed by atoms with Crippen LogP contribution in [0.15, 0.2) is 83.6 Å². The topological polar surface area (TPSA) is 47.6 Å². The zero-order valence-electron chi connectivity index (χ0n) is 17.5. The number of likely N-dealkylation sites (tertiary alicyclic amines) is 1. The van der Waals surface area contributed by atoms with E-state index in [0.29, 0.717) is 18.0 Å². The summed E-state index contributed by atoms with van der Waals surface area (Å²) in [7, 11) is 0. The zero-order valence-corrected chi connectivity index (χ0v) is 17.5. The molecule has 0 spiro atoms. The quantitative estimate of drug-likeness (QED) is 0.745. The molecule has 5 rings (SSSR count). The molecule has 5 nitrogen and oxygen atoms in total. The molecule has 160 valence electrons. The number of carbonyl (C=O) groups is 1. The van der Waals surface area contributed by atoms with Gasteiger partial charge in [-0.1, -0.05) is 24.3 Å². The fourth-order valence-corrected chi connectivity index (χ4v) is 4.58. The number of benzene rings is 1. The first-order valence-electron chi connectivity index (χ1n) is 11.0. The van der Waals surface area contributed by atoms with Crippen LogP contribution < -0.4 is 10.6 Å². The summed E-state index contributed by atoms with van der Waals surface area (Å²) in [6.07, 6.45) is 14.7. The normalized spacial score (nSPS) is 20.4. The van der Waals surface area contributed by atoms with Crippen LogP contribution in [0.25, 0.3) is 0 Å². The van der Waals surface area contributed by atoms with Crippen molar-refractivity contribution in [3.8, 4) is 0 Å². The second-order valence-corrected chi connectivity index (χ2v) is 8.47. The minimum absolute atomic E-state index is 0.0218. The van der Waals surface area contributed by atoms with Crippen LogP contribution >= 0.6 is 0 Å². The number of hydrogen-bond donors (Lipinski definition) is 2. The molecule has 0 unspecified atom stereocenters. The molecule has 0 saturated carbocycles. The Morgan fingerprint density at radius 1 is 1.16 bits per heavy atom. The number of amides is 1. The van der Waals surface area contributed by atoms with Gasteiger partial charge < -0.3 is 15.5 Å². The van der Waals surface area contributed by atoms with Crippen LogP contribution in [0.3, 0.4) is 0 Å². The van der Waals surface area contributed by atoms with Crippen molar-refractivity contribution >= 4 is 5.91 Å². The highest BCUT2D eigenvalue weighted by molar-refractivity contribution is 5.97. The van der Waals surface area contributed by atoms with Crippen molar-refractivity contribution in [3.63, 3.8) is 0 Å². The Bertz CT molecular complexity index is 1030. The second kappa shape index (κ2) is 8.55. The lowest BCUT2D eigenvalue weighted by Crippen LogP contribution is -2.39. The monoisotopic (exact) mass is 418 g/mol. The average molecular weight is 419 g/mol. The number of nitrogens with zero attached hydrogens (tertiary/aromatic N) is 2. The van der Waals surface area contributed by atoms with Gasteiger partial charge in [-0.3, -0.25) is 9.69 Å². The molecule has 4 aliphatic heterocycles. The number of rotatable bonds is 6. The summed E-state index contributed by atoms with van der Waals surface area (Å²) in [5, 5.41) is 6.36. The smallest absolute Gasteiger partial charge is 0.251 e. The van der Waals surface area contributed by atoms with Gasteiger partial charge in [-0.25, -0.2) is 4.39 Å². The predicted molar refractivity (Wildman–Crippen MR) is 119 cm³/mol. The third-order valence-electron chi connectivity index (χ3n) is 6.43. The van der Waals surface area contributed by atoms with Crippen molar-refractivity contribution in [3.05, 3.63) is 95.0 Å². The Morgan fingerprint density at radius 3 is 2.84 bits per heavy atom. The highest BCUT2D eigenvalue weighted by atomic mass is 19.1. The molecule has 0 atom stereocenters. The van der Waals surface area contributed by atoms with Crippen LogP contribution in [-0.4, -0.2) is 41.9 Å². The van der Waals surface area contributed by atoms with Gasteiger partial charge in [0.25, 0.3) is 5.91 Å². The van der Waals surface area contributed by atoms with Crippen LogP contribution in [0.5, 0.6) is 0 Å². The maximum Gasteiger partial charge on any atom is 0.251 e. The van der Waals surface area contributed by atoms with Gasteiger partial charge in [0, 0.05) is 30.6 Å². The summed E-state index contributed by atoms with van der Waals surface area (Å²) in [4.78, 5) is 17.3. The molecular weight excluding hydrogens is 391 g/mol. The fourth-order valence-electron chi connectivity index (χ4n) is 4.58. The van der Waals surface area contributed by atoms with E-state index in [2.05, 4.69) is 20.4 Å². The highest BCUT2D eigenvalue weighted by Gasteiger charge is 2.28. The van der Waals surface area contributed by atoms with Crippen molar-refractivity contribution in [2.75, 3.05) is 26.2 Å². The number of carbonyl (C=O) groups excluding carboxylic acids is 1. The SMILES string of the molecule is O=C(NCC1CCN(CCc2ccccc2F)CC1)C1=CC2=CNC3=CC=CC(=C1)N23. The Morgan fingerprint density at radius 2 is 2.00 bits per heavy atom. The summed E-state index contributed by atoms with van der Waals surface area (Å²) >= 11 is 0. The molecule has 1 amide bonds. The summed E-state index contributed by atoms with van der Waals surface area (Å²) in [5.74, 6) is 1.36. The summed E-state index contributed by atoms with van der Waals surface area (Å²) in [6.45, 7) is 3.57. The number of allylic oxidation sites excluding steroid dienone is 4. The third-order valence-corrected chi connectivity index (χ3v) is 6.43. The summed E-state index contributed by atoms with van der Waals surface area (Å²) in [6, 6.07) is 7.02. The second-order valence-electron chi connectivity index (χ2n) is 8.47. The highest BCUT2D eigenvalue weighted by Crippen LogP contribution is 2.33. The van der Waals surface area contributed by atoms with Crippen LogP contribution in [0.2, 0.25) is 0 Å². The molecule has 0 bridgehead atoms. The maximum absolute atomic E-state index is 13.8. The Kier molecular flexibility index (Phi) is 5.47. The molecule has 31 heavy (non-hydrogen) atoms. The Balaban J connectivity index is 1.09. The van der Waals surface area contributed by atoms with E-state index in [1.165, 1.54) is 6.07 Å². The molecule has 4 aliphatic rings. The predicted octanol–water partition coefficient (Wildman–Crippen LogP) is 3.18. The van der Waals surface area contributed by atoms with E-state index < -0.39 is 0 Å². The first-order valence-corrected chi connectivity index (χ1v) is 11.0. The first-order chi connectivity index (χ1) is 15.2. The standard InChI is InChI=1S/C25H27FN4O/c26-23-6-2-1-4-19(23)10-13-29-11-8-18(9-12-29)16-28-25(31)20-14-21-5-3-7-24-27-17-22(15-20)30(21)24/h1-7,14-15,17-18,27H,8-13,16H2,(H,28,31). The summed E-state index contributed by atoms with van der Waals surface area (Å²) < 4.78 is 13.8. The fraction of sp³-hybridized carbons (Fsp3) is 0.320. The number of nitrogens with one attached hydrogen (secondary N) is 2. The van der Waals surface area contributed by atoms with Crippen LogP contribution in [0.4, 0.5) is 4.39 Å². The maximum atomic E-state index is 13.8. The first kappa shape index (κ1) is 19.8. The van der Waals surface area contributed by atoms with E-state index in [-0.39, 0.29) is 11.7 Å². The molecule has 0 aromatic heterocycles. The van der Waals surface area contributed by atoms with E-state index in [4.69, 9.17) is 0 Å². The van der Waals surface area contributed by atoms with Crippen molar-refractivity contribution in [2.45, 2.75) is 19.3 Å². The molecular formula is C25H27FN4O. The zero-order chi connectivity index (χ0) is 21.2. The molecule has 2 N–H and O–H groups in total. The minimum atomic E-state index is -0.115. The average Bonchev–Trinajstić information content (AvgIpc) is 3.22. The van der Waals surface area contributed by atoms with Gasteiger partial charge in [0.2, 0.25) is 0 Å². The van der Waals surface area contributed by atoms with E-state index in [9.17, 15) is 9.18 Å². The van der Waals surface area contributed by atoms with Crippen molar-refractivity contribution < 1.29 is 9.18 Å². The molecule has 1 aromatic carbocycles. The van der Waals surface area contributed by atoms with E-state index in [1.54, 1.807) is 6.07 Å². The van der Waals surface area contributed by atoms with Gasteiger partial charge in [0.15, 0.2) is 0 Å². The van der Waals surface area contributed by atoms with Gasteiger partial charge in [-0.05, 0) is 74.2 Å². The molecule has 1 saturated heterocycles. The molecule has 4 heterocycles. The molecule has 0 radical (unpaired) electrons. The minimum Gasteiger partial charge on any atom is -0.352 e. The van der Waals surface area contributed by atoms with Gasteiger partial charge in [0.05, 0.1) is 5.70 Å². The van der Waals surface area contributed by atoms with Gasteiger partial charge in [0.1, 0.15) is 11.6 Å². The third kappa shape index (κ3) is 4.21. The lowest BCUT2D eigenvalue weighted by Gasteiger charge is -2.32. The van der Waals surface area contributed by atoms with Gasteiger partial charge >= 0.3 is 0 Å². The van der Waals surface area contributed by atoms with Gasteiger partial charge in [-0.2, -0.15) is 0 Å². The molecule has 0 aliphatic carbocycles. The van der Waals surface area contributed by atoms with Crippen LogP contribution in [0.1, 0.15) is 18.4 Å². The number of piperidine rings is 1. The molecule has 1 fully saturated rings. The van der Waals surface area contributed by atoms with E-state index in [1.807, 2.05) is 48.7 Å². The van der Waals surface area contributed by atoms with E-state index >= 15 is 0 Å². The number of hydrogen-bond acceptors (Lipinski definition) is 4. The number of halogens is 1. The Labute approximate surface area is 182 Å². The van der Waals surface area contributed by atoms with Crippen LogP contribution in [0, 0.1) is 11.7 Å². The van der Waals surface area contributed by atoms with Crippen molar-refractivity contribution in [1.29, 1.82) is 0 Å². The molecule has 1 aromatic rings. The molecule has 6 heteroatoms. The van der Waals surface area contributed by atoms with Crippen molar-refractivity contribution in [1.82, 2.24) is 20.4 Å². The Hall–Kier alpha value is -3.12. The lowest BCUT2D eigenvalue weighted by atomic mass is 9.96. The van der Waals surface area contributed by atoms with Crippen LogP contribution in [-0.2, 0) is 11.2 Å². The largest absolute Gasteiger partial charge is 0.352 e. The van der Waals surface area contributed by atoms with Gasteiger partial charge in [-0.15, -0.1) is 0 Å². The summed E-state index contributed by atoms with van der Waals surface area (Å²) in [5.41, 5.74) is 3.47.